The molecular weight excluding hydrogens is 402 g/mol. The lowest BCUT2D eigenvalue weighted by molar-refractivity contribution is -0.134. The van der Waals surface area contributed by atoms with Crippen LogP contribution in [0.5, 0.6) is 0 Å². The fourth-order valence-electron chi connectivity index (χ4n) is 4.13. The molecule has 1 atom stereocenters. The van der Waals surface area contributed by atoms with Crippen LogP contribution >= 0.6 is 0 Å². The molecule has 0 fully saturated rings. The number of aromatic nitrogens is 2. The van der Waals surface area contributed by atoms with Gasteiger partial charge in [0, 0.05) is 18.7 Å². The number of hydrogen-bond acceptors (Lipinski definition) is 7. The first-order valence-electron chi connectivity index (χ1n) is 9.82. The van der Waals surface area contributed by atoms with Crippen molar-refractivity contribution in [3.63, 3.8) is 0 Å². The number of carbonyl (C=O) groups is 1. The minimum Gasteiger partial charge on any atom is -0.467 e. The zero-order valence-corrected chi connectivity index (χ0v) is 16.4. The molecule has 2 aliphatic heterocycles. The Hall–Kier alpha value is -4.13. The molecule has 0 saturated carbocycles. The fourth-order valence-corrected chi connectivity index (χ4v) is 4.13. The highest BCUT2D eigenvalue weighted by Crippen LogP contribution is 2.33. The second-order valence-electron chi connectivity index (χ2n) is 7.36. The third-order valence-corrected chi connectivity index (χ3v) is 5.58. The molecule has 10 nitrogen and oxygen atoms in total. The van der Waals surface area contributed by atoms with Crippen molar-refractivity contribution in [2.75, 3.05) is 0 Å². The smallest absolute Gasteiger partial charge is 0.331 e. The van der Waals surface area contributed by atoms with Gasteiger partial charge in [0.15, 0.2) is 0 Å². The van der Waals surface area contributed by atoms with Crippen molar-refractivity contribution in [2.45, 2.75) is 38.4 Å². The van der Waals surface area contributed by atoms with E-state index in [1.807, 2.05) is 6.07 Å². The molecule has 3 aromatic rings. The average Bonchev–Trinajstić information content (AvgIpc) is 3.56. The number of rotatable bonds is 4. The van der Waals surface area contributed by atoms with Gasteiger partial charge in [-0.3, -0.25) is 14.2 Å². The van der Waals surface area contributed by atoms with E-state index in [1.165, 1.54) is 22.1 Å². The molecule has 0 bridgehead atoms. The Labute approximate surface area is 175 Å². The van der Waals surface area contributed by atoms with Crippen molar-refractivity contribution in [3.05, 3.63) is 80.4 Å². The molecule has 0 N–H and O–H groups in total. The van der Waals surface area contributed by atoms with Crippen LogP contribution in [0.3, 0.4) is 0 Å². The van der Waals surface area contributed by atoms with Gasteiger partial charge in [-0.2, -0.15) is 10.4 Å². The zero-order valence-electron chi connectivity index (χ0n) is 16.4. The van der Waals surface area contributed by atoms with Gasteiger partial charge in [-0.05, 0) is 37.1 Å². The molecule has 3 aromatic heterocycles. The highest BCUT2D eigenvalue weighted by molar-refractivity contribution is 6.01. The number of nitrogens with zero attached hydrogens (tertiary/aromatic N) is 5. The Morgan fingerprint density at radius 1 is 1.23 bits per heavy atom. The second-order valence-corrected chi connectivity index (χ2v) is 7.36. The SMILES string of the molecule is N#Cc1c2n(c(=O)n(CC(=O)N3N=C(c4ccco4)CC3c3ccco3)c1=O)CCC2. The van der Waals surface area contributed by atoms with Gasteiger partial charge in [0.25, 0.3) is 11.5 Å². The van der Waals surface area contributed by atoms with Gasteiger partial charge in [0.2, 0.25) is 0 Å². The first kappa shape index (κ1) is 18.9. The van der Waals surface area contributed by atoms with Crippen molar-refractivity contribution in [2.24, 2.45) is 5.10 Å². The predicted molar refractivity (Wildman–Crippen MR) is 106 cm³/mol. The lowest BCUT2D eigenvalue weighted by atomic mass is 10.1. The molecular formula is C21H17N5O5. The van der Waals surface area contributed by atoms with E-state index in [0.717, 1.165) is 4.57 Å². The predicted octanol–water partition coefficient (Wildman–Crippen LogP) is 1.39. The third-order valence-electron chi connectivity index (χ3n) is 5.58. The molecule has 0 spiro atoms. The molecule has 31 heavy (non-hydrogen) atoms. The summed E-state index contributed by atoms with van der Waals surface area (Å²) in [5.41, 5.74) is -0.440. The molecule has 156 valence electrons. The molecule has 0 aliphatic carbocycles. The molecule has 2 aliphatic rings. The lowest BCUT2D eigenvalue weighted by Crippen LogP contribution is -2.45. The normalized spacial score (nSPS) is 17.5. The summed E-state index contributed by atoms with van der Waals surface area (Å²) in [6.45, 7) is -0.115. The van der Waals surface area contributed by atoms with E-state index in [9.17, 15) is 19.6 Å². The number of furan rings is 2. The maximum absolute atomic E-state index is 13.2. The van der Waals surface area contributed by atoms with Gasteiger partial charge in [0.1, 0.15) is 41.5 Å². The van der Waals surface area contributed by atoms with Crippen LogP contribution in [0.25, 0.3) is 0 Å². The van der Waals surface area contributed by atoms with E-state index in [2.05, 4.69) is 5.10 Å². The van der Waals surface area contributed by atoms with Gasteiger partial charge in [0.05, 0.1) is 12.5 Å². The van der Waals surface area contributed by atoms with E-state index >= 15 is 0 Å². The van der Waals surface area contributed by atoms with Crippen molar-refractivity contribution >= 4 is 11.6 Å². The van der Waals surface area contributed by atoms with E-state index in [0.29, 0.717) is 48.7 Å². The van der Waals surface area contributed by atoms with Crippen molar-refractivity contribution in [1.82, 2.24) is 14.1 Å². The van der Waals surface area contributed by atoms with Crippen molar-refractivity contribution in [1.29, 1.82) is 5.26 Å². The van der Waals surface area contributed by atoms with Crippen LogP contribution < -0.4 is 11.2 Å². The molecule has 5 rings (SSSR count). The fraction of sp³-hybridized carbons (Fsp3) is 0.286. The minimum absolute atomic E-state index is 0.0892. The topological polar surface area (TPSA) is 127 Å². The zero-order chi connectivity index (χ0) is 21.5. The second kappa shape index (κ2) is 7.28. The Bertz CT molecular complexity index is 1340. The maximum Gasteiger partial charge on any atom is 0.331 e. The summed E-state index contributed by atoms with van der Waals surface area (Å²) < 4.78 is 13.1. The molecule has 0 saturated heterocycles. The number of hydrogen-bond donors (Lipinski definition) is 0. The maximum atomic E-state index is 13.2. The largest absolute Gasteiger partial charge is 0.467 e. The van der Waals surface area contributed by atoms with Crippen LogP contribution in [-0.4, -0.2) is 25.8 Å². The summed E-state index contributed by atoms with van der Waals surface area (Å²) in [6, 6.07) is 8.25. The van der Waals surface area contributed by atoms with Crippen LogP contribution in [-0.2, 0) is 24.3 Å². The molecule has 10 heteroatoms. The third kappa shape index (κ3) is 3.02. The highest BCUT2D eigenvalue weighted by atomic mass is 16.3. The Morgan fingerprint density at radius 3 is 2.74 bits per heavy atom. The highest BCUT2D eigenvalue weighted by Gasteiger charge is 2.36. The first-order chi connectivity index (χ1) is 15.1. The number of amides is 1. The minimum atomic E-state index is -0.752. The van der Waals surface area contributed by atoms with E-state index in [1.54, 1.807) is 24.3 Å². The van der Waals surface area contributed by atoms with Crippen molar-refractivity contribution in [3.8, 4) is 6.07 Å². The monoisotopic (exact) mass is 419 g/mol. The summed E-state index contributed by atoms with van der Waals surface area (Å²) in [5.74, 6) is 0.479. The molecule has 0 aromatic carbocycles. The summed E-state index contributed by atoms with van der Waals surface area (Å²) >= 11 is 0. The van der Waals surface area contributed by atoms with Crippen LogP contribution in [0.15, 0.2) is 60.3 Å². The molecule has 1 unspecified atom stereocenters. The quantitative estimate of drug-likeness (QED) is 0.629. The lowest BCUT2D eigenvalue weighted by Gasteiger charge is -2.20. The van der Waals surface area contributed by atoms with Gasteiger partial charge >= 0.3 is 5.69 Å². The van der Waals surface area contributed by atoms with Crippen LogP contribution in [0.2, 0.25) is 0 Å². The standard InChI is InChI=1S/C21H17N5O5/c22-11-13-15-4-1-7-24(15)21(29)25(20(13)28)12-19(27)26-16(18-6-3-9-31-18)10-14(23-26)17-5-2-8-30-17/h2-3,5-6,8-9,16H,1,4,7,10,12H2. The Morgan fingerprint density at radius 2 is 2.03 bits per heavy atom. The van der Waals surface area contributed by atoms with Gasteiger partial charge in [-0.25, -0.2) is 14.4 Å². The van der Waals surface area contributed by atoms with Crippen molar-refractivity contribution < 1.29 is 13.6 Å². The number of nitriles is 1. The van der Waals surface area contributed by atoms with E-state index in [4.69, 9.17) is 8.83 Å². The van der Waals surface area contributed by atoms with E-state index in [-0.39, 0.29) is 5.56 Å². The first-order valence-corrected chi connectivity index (χ1v) is 9.82. The summed E-state index contributed by atoms with van der Waals surface area (Å²) in [6.07, 6.45) is 4.53. The van der Waals surface area contributed by atoms with Gasteiger partial charge in [-0.1, -0.05) is 0 Å². The molecule has 5 heterocycles. The Balaban J connectivity index is 1.53. The summed E-state index contributed by atoms with van der Waals surface area (Å²) in [5, 5.41) is 15.0. The van der Waals surface area contributed by atoms with Crippen LogP contribution in [0.1, 0.15) is 41.7 Å². The van der Waals surface area contributed by atoms with Crippen LogP contribution in [0, 0.1) is 11.3 Å². The summed E-state index contributed by atoms with van der Waals surface area (Å²) in [7, 11) is 0. The van der Waals surface area contributed by atoms with Gasteiger partial charge in [-0.15, -0.1) is 0 Å². The van der Waals surface area contributed by atoms with E-state index < -0.39 is 29.7 Å². The summed E-state index contributed by atoms with van der Waals surface area (Å²) in [4.78, 5) is 38.8. The number of fused-ring (bicyclic) bond motifs is 1. The number of hydrazone groups is 1. The Kier molecular flexibility index (Phi) is 4.43. The molecule has 0 radical (unpaired) electrons. The number of carbonyl (C=O) groups excluding carboxylic acids is 1. The molecule has 1 amide bonds. The van der Waals surface area contributed by atoms with Crippen LogP contribution in [0.4, 0.5) is 0 Å². The average molecular weight is 419 g/mol. The van der Waals surface area contributed by atoms with Gasteiger partial charge < -0.3 is 8.83 Å².